The Kier molecular flexibility index (Phi) is 6.28. The van der Waals surface area contributed by atoms with E-state index in [1.165, 1.54) is 0 Å². The Bertz CT molecular complexity index is 335. The zero-order valence-corrected chi connectivity index (χ0v) is 11.9. The van der Waals surface area contributed by atoms with E-state index >= 15 is 0 Å². The van der Waals surface area contributed by atoms with Crippen molar-refractivity contribution in [3.05, 3.63) is 33.8 Å². The van der Waals surface area contributed by atoms with Gasteiger partial charge in [0, 0.05) is 16.1 Å². The standard InChI is InChI=1S/C13H20Cl2N2/c1-3-9(2)7-10(17-16)8-11-12(14)5-4-6-13(11)15/h4-6,9-10,17H,3,7-8,16H2,1-2H3. The van der Waals surface area contributed by atoms with Crippen molar-refractivity contribution in [2.45, 2.75) is 39.2 Å². The summed E-state index contributed by atoms with van der Waals surface area (Å²) in [6.07, 6.45) is 2.93. The van der Waals surface area contributed by atoms with Gasteiger partial charge in [-0.25, -0.2) is 0 Å². The molecule has 0 heterocycles. The molecule has 0 radical (unpaired) electrons. The minimum Gasteiger partial charge on any atom is -0.271 e. The largest absolute Gasteiger partial charge is 0.271 e. The highest BCUT2D eigenvalue weighted by molar-refractivity contribution is 6.35. The minimum atomic E-state index is 0.211. The van der Waals surface area contributed by atoms with E-state index in [9.17, 15) is 0 Å². The first-order chi connectivity index (χ1) is 8.08. The van der Waals surface area contributed by atoms with E-state index in [2.05, 4.69) is 19.3 Å². The van der Waals surface area contributed by atoms with Gasteiger partial charge in [0.25, 0.3) is 0 Å². The fourth-order valence-electron chi connectivity index (χ4n) is 1.84. The maximum Gasteiger partial charge on any atom is 0.0453 e. The first kappa shape index (κ1) is 14.8. The van der Waals surface area contributed by atoms with E-state index in [-0.39, 0.29) is 6.04 Å². The Labute approximate surface area is 113 Å². The number of hydrazine groups is 1. The van der Waals surface area contributed by atoms with Gasteiger partial charge in [-0.2, -0.15) is 0 Å². The molecule has 0 aliphatic heterocycles. The number of hydrogen-bond acceptors (Lipinski definition) is 2. The first-order valence-electron chi connectivity index (χ1n) is 5.97. The summed E-state index contributed by atoms with van der Waals surface area (Å²) in [5.41, 5.74) is 3.83. The molecular formula is C13H20Cl2N2. The molecule has 0 spiro atoms. The second-order valence-electron chi connectivity index (χ2n) is 4.52. The average molecular weight is 275 g/mol. The molecule has 4 heteroatoms. The van der Waals surface area contributed by atoms with Crippen LogP contribution in [0.15, 0.2) is 18.2 Å². The van der Waals surface area contributed by atoms with Crippen molar-refractivity contribution in [2.24, 2.45) is 11.8 Å². The maximum absolute atomic E-state index is 6.15. The maximum atomic E-state index is 6.15. The second kappa shape index (κ2) is 7.22. The third-order valence-corrected chi connectivity index (χ3v) is 3.84. The van der Waals surface area contributed by atoms with Crippen molar-refractivity contribution in [2.75, 3.05) is 0 Å². The van der Waals surface area contributed by atoms with E-state index in [1.807, 2.05) is 18.2 Å². The molecule has 2 atom stereocenters. The summed E-state index contributed by atoms with van der Waals surface area (Å²) in [6, 6.07) is 5.79. The number of nitrogens with two attached hydrogens (primary N) is 1. The lowest BCUT2D eigenvalue weighted by molar-refractivity contribution is 0.396. The fourth-order valence-corrected chi connectivity index (χ4v) is 2.39. The number of benzene rings is 1. The van der Waals surface area contributed by atoms with Gasteiger partial charge >= 0.3 is 0 Å². The van der Waals surface area contributed by atoms with E-state index in [4.69, 9.17) is 29.0 Å². The van der Waals surface area contributed by atoms with Crippen LogP contribution in [-0.4, -0.2) is 6.04 Å². The topological polar surface area (TPSA) is 38.0 Å². The Morgan fingerprint density at radius 2 is 1.88 bits per heavy atom. The van der Waals surface area contributed by atoms with Gasteiger partial charge in [-0.3, -0.25) is 11.3 Å². The van der Waals surface area contributed by atoms with Crippen LogP contribution in [0.1, 0.15) is 32.3 Å². The third-order valence-electron chi connectivity index (χ3n) is 3.13. The highest BCUT2D eigenvalue weighted by atomic mass is 35.5. The van der Waals surface area contributed by atoms with Crippen LogP contribution in [0.4, 0.5) is 0 Å². The Morgan fingerprint density at radius 3 is 2.35 bits per heavy atom. The Balaban J connectivity index is 2.73. The summed E-state index contributed by atoms with van der Waals surface area (Å²) in [7, 11) is 0. The van der Waals surface area contributed by atoms with Crippen LogP contribution >= 0.6 is 23.2 Å². The summed E-state index contributed by atoms with van der Waals surface area (Å²) in [5, 5.41) is 1.42. The van der Waals surface area contributed by atoms with Gasteiger partial charge in [-0.05, 0) is 36.5 Å². The van der Waals surface area contributed by atoms with Crippen molar-refractivity contribution < 1.29 is 0 Å². The summed E-state index contributed by atoms with van der Waals surface area (Å²) < 4.78 is 0. The van der Waals surface area contributed by atoms with Gasteiger partial charge in [0.2, 0.25) is 0 Å². The number of rotatable bonds is 6. The van der Waals surface area contributed by atoms with Crippen molar-refractivity contribution in [1.82, 2.24) is 5.43 Å². The molecule has 0 amide bonds. The molecule has 3 N–H and O–H groups in total. The average Bonchev–Trinajstić information content (AvgIpc) is 2.32. The number of nitrogens with one attached hydrogen (secondary N) is 1. The predicted molar refractivity (Wildman–Crippen MR) is 75.3 cm³/mol. The van der Waals surface area contributed by atoms with Crippen LogP contribution < -0.4 is 11.3 Å². The molecule has 96 valence electrons. The van der Waals surface area contributed by atoms with Crippen LogP contribution in [0.3, 0.4) is 0 Å². The molecule has 0 aliphatic rings. The fraction of sp³-hybridized carbons (Fsp3) is 0.538. The normalized spacial score (nSPS) is 14.6. The van der Waals surface area contributed by atoms with Crippen LogP contribution in [-0.2, 0) is 6.42 Å². The molecule has 0 aromatic heterocycles. The van der Waals surface area contributed by atoms with E-state index in [0.717, 1.165) is 24.8 Å². The summed E-state index contributed by atoms with van der Waals surface area (Å²) in [5.74, 6) is 6.22. The molecule has 17 heavy (non-hydrogen) atoms. The molecule has 2 nitrogen and oxygen atoms in total. The van der Waals surface area contributed by atoms with Gasteiger partial charge in [0.05, 0.1) is 0 Å². The van der Waals surface area contributed by atoms with Gasteiger partial charge in [-0.15, -0.1) is 0 Å². The summed E-state index contributed by atoms with van der Waals surface area (Å²) in [4.78, 5) is 0. The zero-order chi connectivity index (χ0) is 12.8. The number of hydrogen-bond donors (Lipinski definition) is 2. The lowest BCUT2D eigenvalue weighted by atomic mass is 9.95. The van der Waals surface area contributed by atoms with E-state index in [1.54, 1.807) is 0 Å². The van der Waals surface area contributed by atoms with E-state index in [0.29, 0.717) is 16.0 Å². The van der Waals surface area contributed by atoms with Crippen molar-refractivity contribution >= 4 is 23.2 Å². The number of halogens is 2. The summed E-state index contributed by atoms with van der Waals surface area (Å²) in [6.45, 7) is 4.40. The molecule has 1 rings (SSSR count). The zero-order valence-electron chi connectivity index (χ0n) is 10.3. The van der Waals surface area contributed by atoms with Crippen LogP contribution in [0.5, 0.6) is 0 Å². The second-order valence-corrected chi connectivity index (χ2v) is 5.33. The molecule has 0 saturated carbocycles. The highest BCUT2D eigenvalue weighted by Crippen LogP contribution is 2.26. The van der Waals surface area contributed by atoms with Gasteiger partial charge in [-0.1, -0.05) is 49.5 Å². The molecule has 0 bridgehead atoms. The van der Waals surface area contributed by atoms with Crippen molar-refractivity contribution in [3.8, 4) is 0 Å². The Hall–Kier alpha value is -0.280. The van der Waals surface area contributed by atoms with Crippen LogP contribution in [0, 0.1) is 5.92 Å². The first-order valence-corrected chi connectivity index (χ1v) is 6.73. The molecule has 0 fully saturated rings. The molecule has 1 aromatic carbocycles. The molecular weight excluding hydrogens is 255 g/mol. The minimum absolute atomic E-state index is 0.211. The lowest BCUT2D eigenvalue weighted by Gasteiger charge is -2.20. The quantitative estimate of drug-likeness (QED) is 0.612. The predicted octanol–water partition coefficient (Wildman–Crippen LogP) is 3.80. The SMILES string of the molecule is CCC(C)CC(Cc1c(Cl)cccc1Cl)NN. The van der Waals surface area contributed by atoms with E-state index < -0.39 is 0 Å². The van der Waals surface area contributed by atoms with Gasteiger partial charge in [0.15, 0.2) is 0 Å². The lowest BCUT2D eigenvalue weighted by Crippen LogP contribution is -2.38. The van der Waals surface area contributed by atoms with Crippen molar-refractivity contribution in [3.63, 3.8) is 0 Å². The highest BCUT2D eigenvalue weighted by Gasteiger charge is 2.15. The molecule has 2 unspecified atom stereocenters. The molecule has 0 aliphatic carbocycles. The van der Waals surface area contributed by atoms with Crippen molar-refractivity contribution in [1.29, 1.82) is 0 Å². The van der Waals surface area contributed by atoms with Gasteiger partial charge in [0.1, 0.15) is 0 Å². The molecule has 0 saturated heterocycles. The summed E-state index contributed by atoms with van der Waals surface area (Å²) >= 11 is 12.3. The van der Waals surface area contributed by atoms with Crippen LogP contribution in [0.2, 0.25) is 10.0 Å². The molecule has 1 aromatic rings. The van der Waals surface area contributed by atoms with Gasteiger partial charge < -0.3 is 0 Å². The van der Waals surface area contributed by atoms with Crippen LogP contribution in [0.25, 0.3) is 0 Å². The Morgan fingerprint density at radius 1 is 1.29 bits per heavy atom. The monoisotopic (exact) mass is 274 g/mol. The third kappa shape index (κ3) is 4.47. The smallest absolute Gasteiger partial charge is 0.0453 e.